The van der Waals surface area contributed by atoms with E-state index in [9.17, 15) is 0 Å². The molecule has 0 saturated carbocycles. The smallest absolute Gasteiger partial charge is 0.227 e. The van der Waals surface area contributed by atoms with Crippen LogP contribution in [-0.2, 0) is 19.4 Å². The molecule has 0 atom stereocenters. The SMILES string of the molecule is CCc1cc(NCCN(C)C)c(N)cc1Nc1ncc(C)c(-c2cn3c4c(cccc24)CCC3)n1. The zero-order valence-electron chi connectivity index (χ0n) is 21.2. The summed E-state index contributed by atoms with van der Waals surface area (Å²) in [5.41, 5.74) is 16.2. The Balaban J connectivity index is 1.47. The highest BCUT2D eigenvalue weighted by atomic mass is 15.1. The Morgan fingerprint density at radius 1 is 1.17 bits per heavy atom. The highest BCUT2D eigenvalue weighted by molar-refractivity contribution is 5.98. The van der Waals surface area contributed by atoms with Gasteiger partial charge in [0.2, 0.25) is 5.95 Å². The summed E-state index contributed by atoms with van der Waals surface area (Å²) >= 11 is 0. The number of benzene rings is 2. The number of hydrogen-bond donors (Lipinski definition) is 3. The largest absolute Gasteiger partial charge is 0.397 e. The van der Waals surface area contributed by atoms with Crippen molar-refractivity contribution in [2.75, 3.05) is 43.6 Å². The molecule has 0 fully saturated rings. The van der Waals surface area contributed by atoms with E-state index in [2.05, 4.69) is 83.5 Å². The van der Waals surface area contributed by atoms with Gasteiger partial charge in [-0.25, -0.2) is 9.97 Å². The number of aryl methyl sites for hydroxylation is 4. The van der Waals surface area contributed by atoms with Crippen LogP contribution in [0.5, 0.6) is 0 Å². The van der Waals surface area contributed by atoms with E-state index in [-0.39, 0.29) is 0 Å². The Morgan fingerprint density at radius 2 is 2.03 bits per heavy atom. The molecule has 4 aromatic rings. The summed E-state index contributed by atoms with van der Waals surface area (Å²) in [5, 5.41) is 8.17. The molecule has 182 valence electrons. The average molecular weight is 470 g/mol. The number of hydrogen-bond acceptors (Lipinski definition) is 6. The number of para-hydroxylation sites is 1. The van der Waals surface area contributed by atoms with Gasteiger partial charge in [-0.1, -0.05) is 25.1 Å². The molecule has 35 heavy (non-hydrogen) atoms. The van der Waals surface area contributed by atoms with E-state index in [1.807, 2.05) is 12.3 Å². The summed E-state index contributed by atoms with van der Waals surface area (Å²) in [4.78, 5) is 11.7. The fourth-order valence-corrected chi connectivity index (χ4v) is 4.98. The summed E-state index contributed by atoms with van der Waals surface area (Å²) in [6.45, 7) is 7.06. The zero-order chi connectivity index (χ0) is 24.5. The second-order valence-electron chi connectivity index (χ2n) is 9.68. The van der Waals surface area contributed by atoms with Crippen molar-refractivity contribution < 1.29 is 0 Å². The van der Waals surface area contributed by atoms with Crippen LogP contribution in [0.1, 0.15) is 30.0 Å². The van der Waals surface area contributed by atoms with Crippen LogP contribution in [0.15, 0.2) is 42.7 Å². The van der Waals surface area contributed by atoms with Crippen molar-refractivity contribution in [3.05, 3.63) is 59.4 Å². The Hall–Kier alpha value is -3.58. The lowest BCUT2D eigenvalue weighted by Crippen LogP contribution is -2.21. The molecule has 0 saturated heterocycles. The summed E-state index contributed by atoms with van der Waals surface area (Å²) in [6, 6.07) is 10.7. The molecular formula is C28H35N7. The predicted octanol–water partition coefficient (Wildman–Crippen LogP) is 5.21. The van der Waals surface area contributed by atoms with Gasteiger partial charge in [-0.2, -0.15) is 0 Å². The molecule has 0 unspecified atom stereocenters. The lowest BCUT2D eigenvalue weighted by Gasteiger charge is -2.17. The number of nitrogens with zero attached hydrogens (tertiary/aromatic N) is 4. The Kier molecular flexibility index (Phi) is 6.34. The molecule has 4 N–H and O–H groups in total. The first-order valence-electron chi connectivity index (χ1n) is 12.5. The molecule has 0 amide bonds. The van der Waals surface area contributed by atoms with Gasteiger partial charge in [-0.05, 0) is 69.1 Å². The number of likely N-dealkylation sites (N-methyl/N-ethyl adjacent to an activating group) is 1. The predicted molar refractivity (Wildman–Crippen MR) is 147 cm³/mol. The number of nitrogens with one attached hydrogen (secondary N) is 2. The van der Waals surface area contributed by atoms with Crippen molar-refractivity contribution in [3.63, 3.8) is 0 Å². The molecule has 1 aliphatic heterocycles. The van der Waals surface area contributed by atoms with Gasteiger partial charge in [0.25, 0.3) is 0 Å². The Bertz CT molecular complexity index is 1370. The molecule has 0 aliphatic carbocycles. The Labute approximate surface area is 207 Å². The quantitative estimate of drug-likeness (QED) is 0.307. The number of anilines is 4. The van der Waals surface area contributed by atoms with Crippen LogP contribution < -0.4 is 16.4 Å². The van der Waals surface area contributed by atoms with Gasteiger partial charge in [0.15, 0.2) is 0 Å². The first-order chi connectivity index (χ1) is 16.9. The van der Waals surface area contributed by atoms with E-state index in [1.165, 1.54) is 34.0 Å². The van der Waals surface area contributed by atoms with Crippen molar-refractivity contribution in [2.45, 2.75) is 39.7 Å². The first-order valence-corrected chi connectivity index (χ1v) is 12.5. The highest BCUT2D eigenvalue weighted by Gasteiger charge is 2.19. The third-order valence-corrected chi connectivity index (χ3v) is 6.83. The van der Waals surface area contributed by atoms with Gasteiger partial charge in [-0.3, -0.25) is 0 Å². The monoisotopic (exact) mass is 469 g/mol. The normalized spacial score (nSPS) is 12.9. The average Bonchev–Trinajstić information content (AvgIpc) is 3.22. The van der Waals surface area contributed by atoms with Crippen molar-refractivity contribution in [2.24, 2.45) is 0 Å². The van der Waals surface area contributed by atoms with Gasteiger partial charge in [0, 0.05) is 48.7 Å². The van der Waals surface area contributed by atoms with E-state index in [4.69, 9.17) is 10.7 Å². The summed E-state index contributed by atoms with van der Waals surface area (Å²) < 4.78 is 2.38. The van der Waals surface area contributed by atoms with E-state index in [0.717, 1.165) is 55.1 Å². The standard InChI is InChI=1S/C28H35N7/c1-5-19-14-25(30-11-13-34(3)4)23(29)15-24(19)32-28-31-16-18(2)26(33-28)22-17-35-12-7-9-20-8-6-10-21(22)27(20)35/h6,8,10,14-17,30H,5,7,9,11-13,29H2,1-4H3,(H,31,32,33). The van der Waals surface area contributed by atoms with E-state index in [1.54, 1.807) is 0 Å². The molecule has 0 spiro atoms. The highest BCUT2D eigenvalue weighted by Crippen LogP contribution is 2.36. The third-order valence-electron chi connectivity index (χ3n) is 6.83. The molecule has 3 heterocycles. The minimum atomic E-state index is 0.583. The van der Waals surface area contributed by atoms with Gasteiger partial charge in [-0.15, -0.1) is 0 Å². The van der Waals surface area contributed by atoms with E-state index in [0.29, 0.717) is 11.6 Å². The minimum Gasteiger partial charge on any atom is -0.397 e. The van der Waals surface area contributed by atoms with Gasteiger partial charge in [0.1, 0.15) is 0 Å². The van der Waals surface area contributed by atoms with Gasteiger partial charge < -0.3 is 25.8 Å². The molecule has 7 heteroatoms. The molecule has 2 aromatic heterocycles. The number of nitrogen functional groups attached to an aromatic ring is 1. The molecule has 0 bridgehead atoms. The molecule has 0 radical (unpaired) electrons. The second kappa shape index (κ2) is 9.58. The number of rotatable bonds is 8. The van der Waals surface area contributed by atoms with E-state index >= 15 is 0 Å². The summed E-state index contributed by atoms with van der Waals surface area (Å²) in [5.74, 6) is 0.583. The Morgan fingerprint density at radius 3 is 2.83 bits per heavy atom. The van der Waals surface area contributed by atoms with Gasteiger partial charge in [0.05, 0.1) is 22.6 Å². The fourth-order valence-electron chi connectivity index (χ4n) is 4.98. The minimum absolute atomic E-state index is 0.583. The third kappa shape index (κ3) is 4.56. The fraction of sp³-hybridized carbons (Fsp3) is 0.357. The lowest BCUT2D eigenvalue weighted by molar-refractivity contribution is 0.425. The van der Waals surface area contributed by atoms with Crippen LogP contribution in [0.2, 0.25) is 0 Å². The van der Waals surface area contributed by atoms with Crippen molar-refractivity contribution in [1.82, 2.24) is 19.4 Å². The van der Waals surface area contributed by atoms with Crippen molar-refractivity contribution >= 4 is 33.9 Å². The topological polar surface area (TPSA) is 84.0 Å². The maximum atomic E-state index is 6.40. The molecule has 7 nitrogen and oxygen atoms in total. The van der Waals surface area contributed by atoms with Crippen LogP contribution in [0, 0.1) is 6.92 Å². The van der Waals surface area contributed by atoms with Crippen LogP contribution in [0.4, 0.5) is 23.0 Å². The maximum absolute atomic E-state index is 6.40. The summed E-state index contributed by atoms with van der Waals surface area (Å²) in [7, 11) is 4.13. The molecule has 1 aliphatic rings. The zero-order valence-corrected chi connectivity index (χ0v) is 21.2. The molecule has 2 aromatic carbocycles. The maximum Gasteiger partial charge on any atom is 0.227 e. The molecule has 5 rings (SSSR count). The first kappa shape index (κ1) is 23.2. The number of nitrogens with two attached hydrogens (primary N) is 1. The summed E-state index contributed by atoms with van der Waals surface area (Å²) in [6.07, 6.45) is 7.36. The van der Waals surface area contributed by atoms with Crippen LogP contribution in [0.3, 0.4) is 0 Å². The van der Waals surface area contributed by atoms with Crippen molar-refractivity contribution in [3.8, 4) is 11.3 Å². The number of aromatic nitrogens is 3. The second-order valence-corrected chi connectivity index (χ2v) is 9.68. The van der Waals surface area contributed by atoms with E-state index < -0.39 is 0 Å². The lowest BCUT2D eigenvalue weighted by atomic mass is 10.0. The molecular weight excluding hydrogens is 434 g/mol. The van der Waals surface area contributed by atoms with Crippen molar-refractivity contribution in [1.29, 1.82) is 0 Å². The van der Waals surface area contributed by atoms with Crippen LogP contribution >= 0.6 is 0 Å². The van der Waals surface area contributed by atoms with Crippen LogP contribution in [0.25, 0.3) is 22.2 Å². The van der Waals surface area contributed by atoms with Gasteiger partial charge >= 0.3 is 0 Å². The van der Waals surface area contributed by atoms with Crippen LogP contribution in [-0.4, -0.2) is 46.6 Å².